The maximum atomic E-state index is 11.8. The second-order valence-electron chi connectivity index (χ2n) is 4.46. The number of rotatable bonds is 4. The van der Waals surface area contributed by atoms with Crippen LogP contribution in [0.3, 0.4) is 0 Å². The second kappa shape index (κ2) is 7.11. The smallest absolute Gasteiger partial charge is 0.426 e. The molecule has 0 amide bonds. The Labute approximate surface area is 123 Å². The molecule has 2 rings (SSSR count). The van der Waals surface area contributed by atoms with E-state index in [1.165, 1.54) is 0 Å². The monoisotopic (exact) mass is 281 g/mol. The van der Waals surface area contributed by atoms with Crippen molar-refractivity contribution in [2.75, 3.05) is 0 Å². The number of carbonyl (C=O) groups is 1. The van der Waals surface area contributed by atoms with Gasteiger partial charge in [-0.3, -0.25) is 0 Å². The summed E-state index contributed by atoms with van der Waals surface area (Å²) >= 11 is 0. The molecule has 0 aliphatic heterocycles. The largest absolute Gasteiger partial charge is 0.510 e. The maximum absolute atomic E-state index is 11.8. The fourth-order valence-corrected chi connectivity index (χ4v) is 1.86. The Morgan fingerprint density at radius 2 is 1.48 bits per heavy atom. The highest BCUT2D eigenvalue weighted by molar-refractivity contribution is 5.61. The van der Waals surface area contributed by atoms with Crippen molar-refractivity contribution in [3.63, 3.8) is 0 Å². The van der Waals surface area contributed by atoms with Crippen LogP contribution < -0.4 is 0 Å². The van der Waals surface area contributed by atoms with Gasteiger partial charge in [-0.2, -0.15) is 5.26 Å². The van der Waals surface area contributed by atoms with Crippen LogP contribution in [0.5, 0.6) is 0 Å². The quantitative estimate of drug-likeness (QED) is 0.789. The van der Waals surface area contributed by atoms with Gasteiger partial charge in [0.15, 0.2) is 0 Å². The zero-order chi connectivity index (χ0) is 15.1. The molecule has 0 saturated heterocycles. The SMILES string of the molecule is C[C@H](OC(=O)O[C@H](C#N)c1ccccc1)c1ccccc1. The first-order valence-corrected chi connectivity index (χ1v) is 6.57. The molecule has 2 aromatic carbocycles. The fourth-order valence-electron chi connectivity index (χ4n) is 1.86. The summed E-state index contributed by atoms with van der Waals surface area (Å²) in [5.74, 6) is 0. The van der Waals surface area contributed by atoms with E-state index in [4.69, 9.17) is 14.7 Å². The molecule has 0 spiro atoms. The number of hydrogen-bond donors (Lipinski definition) is 0. The molecular formula is C17H15NO3. The number of hydrogen-bond acceptors (Lipinski definition) is 4. The summed E-state index contributed by atoms with van der Waals surface area (Å²) in [7, 11) is 0. The van der Waals surface area contributed by atoms with E-state index >= 15 is 0 Å². The third kappa shape index (κ3) is 4.08. The molecule has 2 atom stereocenters. The molecule has 0 bridgehead atoms. The van der Waals surface area contributed by atoms with Crippen LogP contribution in [0.15, 0.2) is 60.7 Å². The van der Waals surface area contributed by atoms with Crippen molar-refractivity contribution < 1.29 is 14.3 Å². The molecule has 0 aliphatic carbocycles. The van der Waals surface area contributed by atoms with Gasteiger partial charge in [0.05, 0.1) is 0 Å². The molecule has 21 heavy (non-hydrogen) atoms. The Kier molecular flexibility index (Phi) is 4.94. The van der Waals surface area contributed by atoms with Gasteiger partial charge in [0.2, 0.25) is 6.10 Å². The summed E-state index contributed by atoms with van der Waals surface area (Å²) < 4.78 is 10.2. The molecular weight excluding hydrogens is 266 g/mol. The van der Waals surface area contributed by atoms with Crippen LogP contribution in [0, 0.1) is 11.3 Å². The van der Waals surface area contributed by atoms with Gasteiger partial charge in [-0.05, 0) is 12.5 Å². The molecule has 0 radical (unpaired) electrons. The maximum Gasteiger partial charge on any atom is 0.510 e. The second-order valence-corrected chi connectivity index (χ2v) is 4.46. The molecule has 106 valence electrons. The van der Waals surface area contributed by atoms with Crippen LogP contribution in [0.1, 0.15) is 30.3 Å². The molecule has 0 fully saturated rings. The van der Waals surface area contributed by atoms with Gasteiger partial charge in [0, 0.05) is 5.56 Å². The van der Waals surface area contributed by atoms with E-state index in [-0.39, 0.29) is 0 Å². The Balaban J connectivity index is 1.97. The summed E-state index contributed by atoms with van der Waals surface area (Å²) in [4.78, 5) is 11.8. The molecule has 4 heteroatoms. The lowest BCUT2D eigenvalue weighted by Crippen LogP contribution is -2.14. The normalized spacial score (nSPS) is 12.8. The van der Waals surface area contributed by atoms with Crippen molar-refractivity contribution in [1.82, 2.24) is 0 Å². The lowest BCUT2D eigenvalue weighted by atomic mass is 10.1. The first-order valence-electron chi connectivity index (χ1n) is 6.57. The third-order valence-corrected chi connectivity index (χ3v) is 2.98. The average molecular weight is 281 g/mol. The summed E-state index contributed by atoms with van der Waals surface area (Å²) in [5, 5.41) is 9.10. The molecule has 0 unspecified atom stereocenters. The predicted molar refractivity (Wildman–Crippen MR) is 77.2 cm³/mol. The number of ether oxygens (including phenoxy) is 2. The van der Waals surface area contributed by atoms with E-state index in [9.17, 15) is 4.79 Å². The molecule has 0 aliphatic rings. The lowest BCUT2D eigenvalue weighted by Gasteiger charge is -2.15. The van der Waals surface area contributed by atoms with Crippen molar-refractivity contribution >= 4 is 6.16 Å². The highest BCUT2D eigenvalue weighted by Crippen LogP contribution is 2.20. The van der Waals surface area contributed by atoms with E-state index in [0.717, 1.165) is 5.56 Å². The minimum Gasteiger partial charge on any atom is -0.426 e. The number of benzene rings is 2. The van der Waals surface area contributed by atoms with Gasteiger partial charge in [-0.15, -0.1) is 0 Å². The van der Waals surface area contributed by atoms with Crippen molar-refractivity contribution in [3.8, 4) is 6.07 Å². The zero-order valence-corrected chi connectivity index (χ0v) is 11.6. The van der Waals surface area contributed by atoms with Crippen LogP contribution in [0.4, 0.5) is 4.79 Å². The Hall–Kier alpha value is -2.80. The molecule has 0 aromatic heterocycles. The van der Waals surface area contributed by atoms with Crippen molar-refractivity contribution in [2.24, 2.45) is 0 Å². The average Bonchev–Trinajstić information content (AvgIpc) is 2.54. The molecule has 2 aromatic rings. The summed E-state index contributed by atoms with van der Waals surface area (Å²) in [6, 6.07) is 20.1. The van der Waals surface area contributed by atoms with Crippen LogP contribution in [0.2, 0.25) is 0 Å². The topological polar surface area (TPSA) is 59.3 Å². The fraction of sp³-hybridized carbons (Fsp3) is 0.176. The third-order valence-electron chi connectivity index (χ3n) is 2.98. The van der Waals surface area contributed by atoms with Gasteiger partial charge >= 0.3 is 6.16 Å². The number of nitriles is 1. The number of carbonyl (C=O) groups excluding carboxylic acids is 1. The minimum atomic E-state index is -0.971. The highest BCUT2D eigenvalue weighted by Gasteiger charge is 2.19. The van der Waals surface area contributed by atoms with Crippen molar-refractivity contribution in [3.05, 3.63) is 71.8 Å². The van der Waals surface area contributed by atoms with Crippen molar-refractivity contribution in [1.29, 1.82) is 5.26 Å². The highest BCUT2D eigenvalue weighted by atomic mass is 16.7. The lowest BCUT2D eigenvalue weighted by molar-refractivity contribution is 0.0147. The first kappa shape index (κ1) is 14.6. The van der Waals surface area contributed by atoms with Crippen LogP contribution in [-0.4, -0.2) is 6.16 Å². The van der Waals surface area contributed by atoms with E-state index < -0.39 is 18.4 Å². The Bertz CT molecular complexity index is 619. The standard InChI is InChI=1S/C17H15NO3/c1-13(14-8-4-2-5-9-14)20-17(19)21-16(12-18)15-10-6-3-7-11-15/h2-11,13,16H,1H3/t13-,16+/m0/s1. The van der Waals surface area contributed by atoms with E-state index in [1.807, 2.05) is 42.5 Å². The van der Waals surface area contributed by atoms with Crippen LogP contribution in [0.25, 0.3) is 0 Å². The Morgan fingerprint density at radius 1 is 0.952 bits per heavy atom. The Morgan fingerprint density at radius 3 is 2.00 bits per heavy atom. The van der Waals surface area contributed by atoms with Crippen LogP contribution >= 0.6 is 0 Å². The van der Waals surface area contributed by atoms with Crippen molar-refractivity contribution in [2.45, 2.75) is 19.1 Å². The van der Waals surface area contributed by atoms with Gasteiger partial charge in [0.25, 0.3) is 0 Å². The van der Waals surface area contributed by atoms with Gasteiger partial charge in [0.1, 0.15) is 12.2 Å². The van der Waals surface area contributed by atoms with Gasteiger partial charge < -0.3 is 9.47 Å². The summed E-state index contributed by atoms with van der Waals surface area (Å²) in [6.07, 6.45) is -2.27. The van der Waals surface area contributed by atoms with E-state index in [1.54, 1.807) is 31.2 Å². The van der Waals surface area contributed by atoms with E-state index in [2.05, 4.69) is 0 Å². The number of nitrogens with zero attached hydrogens (tertiary/aromatic N) is 1. The zero-order valence-electron chi connectivity index (χ0n) is 11.6. The summed E-state index contributed by atoms with van der Waals surface area (Å²) in [6.45, 7) is 1.75. The van der Waals surface area contributed by atoms with E-state index in [0.29, 0.717) is 5.56 Å². The first-order chi connectivity index (χ1) is 10.2. The molecule has 0 N–H and O–H groups in total. The van der Waals surface area contributed by atoms with Gasteiger partial charge in [-0.25, -0.2) is 4.79 Å². The predicted octanol–water partition coefficient (Wildman–Crippen LogP) is 4.17. The minimum absolute atomic E-state index is 0.436. The van der Waals surface area contributed by atoms with Crippen LogP contribution in [-0.2, 0) is 9.47 Å². The molecule has 4 nitrogen and oxygen atoms in total. The molecule has 0 heterocycles. The molecule has 0 saturated carbocycles. The van der Waals surface area contributed by atoms with Gasteiger partial charge in [-0.1, -0.05) is 60.7 Å². The summed E-state index contributed by atoms with van der Waals surface area (Å²) in [5.41, 5.74) is 1.48.